The third kappa shape index (κ3) is 3.67. The molecule has 1 N–H and O–H groups in total. The number of carbonyl (C=O) groups is 1. The van der Waals surface area contributed by atoms with E-state index in [9.17, 15) is 9.18 Å². The highest BCUT2D eigenvalue weighted by Gasteiger charge is 2.00. The number of nitrogens with zero attached hydrogens (tertiary/aromatic N) is 3. The van der Waals surface area contributed by atoms with Crippen LogP contribution in [-0.4, -0.2) is 26.5 Å². The lowest BCUT2D eigenvalue weighted by Crippen LogP contribution is -1.90. The van der Waals surface area contributed by atoms with E-state index >= 15 is 0 Å². The minimum Gasteiger partial charge on any atom is -0.298 e. The van der Waals surface area contributed by atoms with E-state index in [0.717, 1.165) is 15.5 Å². The third-order valence-electron chi connectivity index (χ3n) is 2.22. The largest absolute Gasteiger partial charge is 0.298 e. The molecule has 0 bridgehead atoms. The lowest BCUT2D eigenvalue weighted by Gasteiger charge is -1.91. The fourth-order valence-corrected chi connectivity index (χ4v) is 2.03. The second kappa shape index (κ2) is 6.67. The predicted molar refractivity (Wildman–Crippen MR) is 78.9 cm³/mol. The number of aldehydes is 1. The highest BCUT2D eigenvalue weighted by Crippen LogP contribution is 2.13. The number of pyridine rings is 2. The van der Waals surface area contributed by atoms with Crippen LogP contribution in [-0.2, 0) is 0 Å². The monoisotopic (exact) mass is 400 g/mol. The second-order valence-electron chi connectivity index (χ2n) is 3.61. The van der Waals surface area contributed by atoms with Gasteiger partial charge in [0.25, 0.3) is 0 Å². The van der Waals surface area contributed by atoms with Crippen LogP contribution in [0.3, 0.4) is 0 Å². The van der Waals surface area contributed by atoms with Crippen LogP contribution in [0.25, 0.3) is 11.0 Å². The van der Waals surface area contributed by atoms with Crippen LogP contribution in [0.1, 0.15) is 10.4 Å². The number of aromatic nitrogens is 4. The molecular weight excluding hydrogens is 395 g/mol. The quantitative estimate of drug-likeness (QED) is 0.500. The number of hydrogen-bond donors (Lipinski definition) is 1. The summed E-state index contributed by atoms with van der Waals surface area (Å²) in [6.07, 6.45) is 5.20. The van der Waals surface area contributed by atoms with Gasteiger partial charge in [-0.2, -0.15) is 9.49 Å². The van der Waals surface area contributed by atoms with E-state index in [0.29, 0.717) is 10.8 Å². The Morgan fingerprint density at radius 3 is 2.50 bits per heavy atom. The number of halogens is 3. The molecule has 0 amide bonds. The first kappa shape index (κ1) is 14.7. The van der Waals surface area contributed by atoms with Crippen molar-refractivity contribution in [1.82, 2.24) is 20.2 Å². The Morgan fingerprint density at radius 2 is 1.80 bits per heavy atom. The highest BCUT2D eigenvalue weighted by atomic mass is 79.9. The van der Waals surface area contributed by atoms with Gasteiger partial charge in [-0.3, -0.25) is 9.89 Å². The minimum atomic E-state index is -0.738. The van der Waals surface area contributed by atoms with Crippen molar-refractivity contribution < 1.29 is 9.18 Å². The van der Waals surface area contributed by atoms with Crippen molar-refractivity contribution in [1.29, 1.82) is 0 Å². The summed E-state index contributed by atoms with van der Waals surface area (Å²) in [6.45, 7) is 0. The normalized spacial score (nSPS) is 9.95. The number of rotatable bonds is 1. The van der Waals surface area contributed by atoms with Gasteiger partial charge in [-0.05, 0) is 44.0 Å². The van der Waals surface area contributed by atoms with Crippen LogP contribution in [0.5, 0.6) is 0 Å². The molecule has 0 saturated heterocycles. The van der Waals surface area contributed by atoms with E-state index in [-0.39, 0.29) is 5.56 Å². The van der Waals surface area contributed by atoms with E-state index in [2.05, 4.69) is 52.0 Å². The topological polar surface area (TPSA) is 71.5 Å². The Labute approximate surface area is 129 Å². The molecule has 102 valence electrons. The van der Waals surface area contributed by atoms with Crippen molar-refractivity contribution >= 4 is 49.2 Å². The second-order valence-corrected chi connectivity index (χ2v) is 5.44. The lowest BCUT2D eigenvalue weighted by molar-refractivity contribution is 0.111. The number of hydrogen-bond acceptors (Lipinski definition) is 4. The van der Waals surface area contributed by atoms with E-state index in [1.807, 2.05) is 6.07 Å². The molecule has 0 aliphatic rings. The van der Waals surface area contributed by atoms with Crippen molar-refractivity contribution in [3.05, 3.63) is 51.2 Å². The zero-order chi connectivity index (χ0) is 14.5. The van der Waals surface area contributed by atoms with Crippen LogP contribution in [0, 0.1) is 5.95 Å². The molecule has 0 aromatic carbocycles. The zero-order valence-electron chi connectivity index (χ0n) is 9.85. The molecule has 0 spiro atoms. The summed E-state index contributed by atoms with van der Waals surface area (Å²) < 4.78 is 14.0. The van der Waals surface area contributed by atoms with Gasteiger partial charge in [0.05, 0.1) is 11.8 Å². The van der Waals surface area contributed by atoms with Crippen LogP contribution < -0.4 is 0 Å². The number of nitrogens with one attached hydrogen (secondary N) is 1. The highest BCUT2D eigenvalue weighted by molar-refractivity contribution is 9.10. The summed E-state index contributed by atoms with van der Waals surface area (Å²) in [4.78, 5) is 17.5. The molecular formula is C12H7Br2FN4O. The number of H-pyrrole nitrogens is 1. The molecule has 3 rings (SSSR count). The van der Waals surface area contributed by atoms with Crippen LogP contribution >= 0.6 is 31.9 Å². The summed E-state index contributed by atoms with van der Waals surface area (Å²) in [6, 6.07) is 3.33. The molecule has 0 aliphatic heterocycles. The molecule has 3 aromatic rings. The van der Waals surface area contributed by atoms with Crippen LogP contribution in [0.4, 0.5) is 4.39 Å². The Hall–Kier alpha value is -1.67. The van der Waals surface area contributed by atoms with Crippen LogP contribution in [0.2, 0.25) is 0 Å². The molecule has 0 radical (unpaired) electrons. The van der Waals surface area contributed by atoms with Crippen LogP contribution in [0.15, 0.2) is 39.7 Å². The molecule has 8 heteroatoms. The molecule has 0 saturated carbocycles. The van der Waals surface area contributed by atoms with Crippen molar-refractivity contribution in [2.24, 2.45) is 0 Å². The molecule has 0 aliphatic carbocycles. The predicted octanol–water partition coefficient (Wildman–Crippen LogP) is 3.52. The maximum Gasteiger partial charge on any atom is 0.223 e. The molecule has 20 heavy (non-hydrogen) atoms. The average Bonchev–Trinajstić information content (AvgIpc) is 2.89. The third-order valence-corrected chi connectivity index (χ3v) is 3.09. The number of fused-ring (bicyclic) bond motifs is 1. The maximum atomic E-state index is 12.4. The molecule has 3 heterocycles. The van der Waals surface area contributed by atoms with E-state index in [1.54, 1.807) is 12.4 Å². The molecule has 5 nitrogen and oxygen atoms in total. The molecule has 3 aromatic heterocycles. The Balaban J connectivity index is 0.000000147. The van der Waals surface area contributed by atoms with Gasteiger partial charge in [0.2, 0.25) is 5.95 Å². The summed E-state index contributed by atoms with van der Waals surface area (Å²) in [7, 11) is 0. The first-order valence-corrected chi connectivity index (χ1v) is 6.89. The fourth-order valence-electron chi connectivity index (χ4n) is 1.33. The van der Waals surface area contributed by atoms with Gasteiger partial charge in [0, 0.05) is 26.7 Å². The fraction of sp³-hybridized carbons (Fsp3) is 0. The summed E-state index contributed by atoms with van der Waals surface area (Å²) in [5.74, 6) is -0.738. The number of aromatic amines is 1. The van der Waals surface area contributed by atoms with Gasteiger partial charge in [0.15, 0.2) is 11.9 Å². The van der Waals surface area contributed by atoms with Crippen molar-refractivity contribution in [3.63, 3.8) is 0 Å². The van der Waals surface area contributed by atoms with Gasteiger partial charge >= 0.3 is 0 Å². The van der Waals surface area contributed by atoms with Gasteiger partial charge < -0.3 is 0 Å². The number of carbonyl (C=O) groups excluding carboxylic acids is 1. The Morgan fingerprint density at radius 1 is 1.10 bits per heavy atom. The summed E-state index contributed by atoms with van der Waals surface area (Å²) >= 11 is 6.36. The van der Waals surface area contributed by atoms with Crippen molar-refractivity contribution in [2.75, 3.05) is 0 Å². The Bertz CT molecular complexity index is 747. The SMILES string of the molecule is Brc1cnc2[nH]ncc2c1.O=Cc1cc(Br)cnc1F. The first-order chi connectivity index (χ1) is 9.60. The lowest BCUT2D eigenvalue weighted by atomic mass is 10.3. The smallest absolute Gasteiger partial charge is 0.223 e. The van der Waals surface area contributed by atoms with E-state index in [1.165, 1.54) is 12.3 Å². The Kier molecular flexibility index (Phi) is 4.91. The van der Waals surface area contributed by atoms with Gasteiger partial charge in [0.1, 0.15) is 0 Å². The standard InChI is InChI=1S/C6H3BrFNO.C6H4BrN3/c7-5-1-4(3-10)6(8)9-2-5;7-5-1-4-2-9-10-6(4)8-3-5/h1-3H;1-3H,(H,8,9,10). The molecule has 0 unspecified atom stereocenters. The van der Waals surface area contributed by atoms with Crippen molar-refractivity contribution in [2.45, 2.75) is 0 Å². The van der Waals surface area contributed by atoms with Gasteiger partial charge in [-0.1, -0.05) is 0 Å². The maximum absolute atomic E-state index is 12.4. The van der Waals surface area contributed by atoms with E-state index < -0.39 is 5.95 Å². The minimum absolute atomic E-state index is 0.0330. The zero-order valence-corrected chi connectivity index (χ0v) is 13.0. The van der Waals surface area contributed by atoms with Gasteiger partial charge in [-0.15, -0.1) is 0 Å². The van der Waals surface area contributed by atoms with Crippen molar-refractivity contribution in [3.8, 4) is 0 Å². The summed E-state index contributed by atoms with van der Waals surface area (Å²) in [5.41, 5.74) is 0.789. The average molecular weight is 402 g/mol. The van der Waals surface area contributed by atoms with E-state index in [4.69, 9.17) is 0 Å². The molecule has 0 atom stereocenters. The molecule has 0 fully saturated rings. The summed E-state index contributed by atoms with van der Waals surface area (Å²) in [5, 5.41) is 7.62. The van der Waals surface area contributed by atoms with Gasteiger partial charge in [-0.25, -0.2) is 9.97 Å². The first-order valence-electron chi connectivity index (χ1n) is 5.31.